The van der Waals surface area contributed by atoms with Gasteiger partial charge in [0.05, 0.1) is 0 Å². The van der Waals surface area contributed by atoms with Gasteiger partial charge in [-0.1, -0.05) is 6.92 Å². The van der Waals surface area contributed by atoms with Crippen LogP contribution in [0.25, 0.3) is 0 Å². The van der Waals surface area contributed by atoms with E-state index in [1.165, 1.54) is 0 Å². The van der Waals surface area contributed by atoms with Crippen LogP contribution < -0.4 is 5.73 Å². The van der Waals surface area contributed by atoms with E-state index in [2.05, 4.69) is 6.92 Å². The van der Waals surface area contributed by atoms with Crippen molar-refractivity contribution in [1.29, 1.82) is 0 Å². The van der Waals surface area contributed by atoms with Gasteiger partial charge in [0.2, 0.25) is 0 Å². The van der Waals surface area contributed by atoms with E-state index < -0.39 is 0 Å². The van der Waals surface area contributed by atoms with Crippen LogP contribution in [-0.4, -0.2) is 43.2 Å². The Balaban J connectivity index is 2.47. The minimum absolute atomic E-state index is 0.0145. The normalized spacial score (nSPS) is 28.9. The van der Waals surface area contributed by atoms with Gasteiger partial charge in [0.15, 0.2) is 0 Å². The highest BCUT2D eigenvalue weighted by molar-refractivity contribution is 5.81. The fourth-order valence-electron chi connectivity index (χ4n) is 1.75. The summed E-state index contributed by atoms with van der Waals surface area (Å²) in [6, 6.07) is 0.0145. The van der Waals surface area contributed by atoms with Gasteiger partial charge in [-0.2, -0.15) is 0 Å². The Hall–Kier alpha value is -0.610. The van der Waals surface area contributed by atoms with Gasteiger partial charge in [-0.05, 0) is 19.3 Å². The highest BCUT2D eigenvalue weighted by atomic mass is 16.5. The third kappa shape index (κ3) is 2.69. The lowest BCUT2D eigenvalue weighted by atomic mass is 10.0. The fourth-order valence-corrected chi connectivity index (χ4v) is 1.75. The largest absolute Gasteiger partial charge is 0.368 e. The first-order chi connectivity index (χ1) is 6.52. The molecule has 3 unspecified atom stereocenters. The summed E-state index contributed by atoms with van der Waals surface area (Å²) in [7, 11) is 1.78. The predicted octanol–water partition coefficient (Wildman–Crippen LogP) is 0.217. The number of hydrogen-bond acceptors (Lipinski definition) is 3. The summed E-state index contributed by atoms with van der Waals surface area (Å²) in [5.41, 5.74) is 5.63. The molecule has 0 saturated carbocycles. The van der Waals surface area contributed by atoms with Gasteiger partial charge in [-0.3, -0.25) is 4.79 Å². The highest BCUT2D eigenvalue weighted by Gasteiger charge is 2.32. The molecule has 2 N–H and O–H groups in total. The molecule has 0 spiro atoms. The number of carbonyl (C=O) groups excluding carboxylic acids is 1. The topological polar surface area (TPSA) is 55.6 Å². The van der Waals surface area contributed by atoms with Crippen LogP contribution in [0.4, 0.5) is 0 Å². The molecule has 0 aromatic rings. The Morgan fingerprint density at radius 1 is 1.71 bits per heavy atom. The molecule has 1 aliphatic rings. The Morgan fingerprint density at radius 2 is 2.36 bits per heavy atom. The summed E-state index contributed by atoms with van der Waals surface area (Å²) in [4.78, 5) is 13.5. The van der Waals surface area contributed by atoms with E-state index in [9.17, 15) is 4.79 Å². The number of nitrogens with zero attached hydrogens (tertiary/aromatic N) is 1. The van der Waals surface area contributed by atoms with Crippen molar-refractivity contribution in [3.8, 4) is 0 Å². The second-order valence-corrected chi connectivity index (χ2v) is 4.25. The van der Waals surface area contributed by atoms with Crippen LogP contribution in [0.5, 0.6) is 0 Å². The summed E-state index contributed by atoms with van der Waals surface area (Å²) >= 11 is 0. The van der Waals surface area contributed by atoms with Crippen LogP contribution in [-0.2, 0) is 9.53 Å². The first kappa shape index (κ1) is 11.5. The van der Waals surface area contributed by atoms with E-state index in [1.54, 1.807) is 11.9 Å². The average molecular weight is 200 g/mol. The molecule has 3 atom stereocenters. The quantitative estimate of drug-likeness (QED) is 0.709. The van der Waals surface area contributed by atoms with E-state index in [1.807, 2.05) is 6.92 Å². The van der Waals surface area contributed by atoms with Gasteiger partial charge < -0.3 is 15.4 Å². The molecule has 0 aromatic carbocycles. The maximum Gasteiger partial charge on any atom is 0.251 e. The van der Waals surface area contributed by atoms with Gasteiger partial charge in [0, 0.05) is 26.2 Å². The molecule has 0 aromatic heterocycles. The zero-order valence-electron chi connectivity index (χ0n) is 9.19. The number of ether oxygens (including phenoxy) is 1. The molecule has 4 nitrogen and oxygen atoms in total. The first-order valence-corrected chi connectivity index (χ1v) is 5.14. The molecule has 1 aliphatic heterocycles. The first-order valence-electron chi connectivity index (χ1n) is 5.14. The minimum atomic E-state index is -0.251. The van der Waals surface area contributed by atoms with Crippen LogP contribution in [0.1, 0.15) is 20.3 Å². The van der Waals surface area contributed by atoms with Crippen molar-refractivity contribution in [2.45, 2.75) is 32.4 Å². The molecule has 1 heterocycles. The van der Waals surface area contributed by atoms with Crippen LogP contribution >= 0.6 is 0 Å². The molecule has 4 heteroatoms. The predicted molar refractivity (Wildman–Crippen MR) is 54.8 cm³/mol. The summed E-state index contributed by atoms with van der Waals surface area (Å²) in [5.74, 6) is 0.394. The Kier molecular flexibility index (Phi) is 3.89. The molecule has 0 radical (unpaired) electrons. The number of amides is 1. The lowest BCUT2D eigenvalue weighted by molar-refractivity contribution is -0.141. The van der Waals surface area contributed by atoms with E-state index in [0.29, 0.717) is 19.1 Å². The fraction of sp³-hybridized carbons (Fsp3) is 0.900. The minimum Gasteiger partial charge on any atom is -0.368 e. The van der Waals surface area contributed by atoms with E-state index in [4.69, 9.17) is 10.5 Å². The molecule has 1 amide bonds. The molecule has 0 aliphatic carbocycles. The molecule has 0 bridgehead atoms. The Bertz CT molecular complexity index is 206. The summed E-state index contributed by atoms with van der Waals surface area (Å²) < 4.78 is 5.40. The lowest BCUT2D eigenvalue weighted by Crippen LogP contribution is -2.43. The average Bonchev–Trinajstić information content (AvgIpc) is 2.48. The molecule has 82 valence electrons. The second kappa shape index (κ2) is 4.75. The number of likely N-dealkylation sites (N-methyl/N-ethyl adjacent to an activating group) is 1. The molecule has 1 saturated heterocycles. The zero-order valence-corrected chi connectivity index (χ0v) is 9.19. The molecular formula is C10H20N2O2. The molecular weight excluding hydrogens is 180 g/mol. The van der Waals surface area contributed by atoms with Crippen molar-refractivity contribution >= 4 is 5.91 Å². The Morgan fingerprint density at radius 3 is 2.79 bits per heavy atom. The molecule has 1 rings (SSSR count). The molecule has 14 heavy (non-hydrogen) atoms. The zero-order chi connectivity index (χ0) is 10.7. The standard InChI is InChI=1S/C10H20N2O2/c1-7-4-5-14-9(7)10(13)12(3)6-8(2)11/h7-9H,4-6,11H2,1-3H3. The maximum atomic E-state index is 11.8. The van der Waals surface area contributed by atoms with Crippen LogP contribution in [0.2, 0.25) is 0 Å². The van der Waals surface area contributed by atoms with Crippen LogP contribution in [0.3, 0.4) is 0 Å². The van der Waals surface area contributed by atoms with E-state index in [0.717, 1.165) is 6.42 Å². The highest BCUT2D eigenvalue weighted by Crippen LogP contribution is 2.21. The smallest absolute Gasteiger partial charge is 0.251 e. The summed E-state index contributed by atoms with van der Waals surface area (Å²) in [6.45, 7) is 5.23. The lowest BCUT2D eigenvalue weighted by Gasteiger charge is -2.24. The van der Waals surface area contributed by atoms with Crippen LogP contribution in [0.15, 0.2) is 0 Å². The second-order valence-electron chi connectivity index (χ2n) is 4.25. The van der Waals surface area contributed by atoms with Crippen molar-refractivity contribution in [2.75, 3.05) is 20.2 Å². The van der Waals surface area contributed by atoms with Crippen molar-refractivity contribution in [3.63, 3.8) is 0 Å². The number of rotatable bonds is 3. The van der Waals surface area contributed by atoms with Gasteiger partial charge >= 0.3 is 0 Å². The third-order valence-electron chi connectivity index (χ3n) is 2.57. The van der Waals surface area contributed by atoms with Crippen LogP contribution in [0, 0.1) is 5.92 Å². The van der Waals surface area contributed by atoms with Crippen molar-refractivity contribution in [3.05, 3.63) is 0 Å². The molecule has 1 fully saturated rings. The number of carbonyl (C=O) groups is 1. The SMILES string of the molecule is CC(N)CN(C)C(=O)C1OCCC1C. The van der Waals surface area contributed by atoms with Gasteiger partial charge in [0.1, 0.15) is 6.10 Å². The third-order valence-corrected chi connectivity index (χ3v) is 2.57. The maximum absolute atomic E-state index is 11.8. The summed E-state index contributed by atoms with van der Waals surface area (Å²) in [6.07, 6.45) is 0.723. The number of nitrogens with two attached hydrogens (primary N) is 1. The van der Waals surface area contributed by atoms with Crippen molar-refractivity contribution in [2.24, 2.45) is 11.7 Å². The van der Waals surface area contributed by atoms with Gasteiger partial charge in [-0.25, -0.2) is 0 Å². The number of hydrogen-bond donors (Lipinski definition) is 1. The summed E-state index contributed by atoms with van der Waals surface area (Å²) in [5, 5.41) is 0. The van der Waals surface area contributed by atoms with E-state index in [-0.39, 0.29) is 18.1 Å². The van der Waals surface area contributed by atoms with Gasteiger partial charge in [-0.15, -0.1) is 0 Å². The monoisotopic (exact) mass is 200 g/mol. The van der Waals surface area contributed by atoms with Gasteiger partial charge in [0.25, 0.3) is 5.91 Å². The van der Waals surface area contributed by atoms with Crippen molar-refractivity contribution in [1.82, 2.24) is 4.90 Å². The van der Waals surface area contributed by atoms with Crippen molar-refractivity contribution < 1.29 is 9.53 Å². The van der Waals surface area contributed by atoms with E-state index >= 15 is 0 Å². The Labute approximate surface area is 85.4 Å².